The van der Waals surface area contributed by atoms with Crippen molar-refractivity contribution in [3.8, 4) is 5.82 Å². The van der Waals surface area contributed by atoms with Crippen molar-refractivity contribution in [1.82, 2.24) is 24.7 Å². The Morgan fingerprint density at radius 3 is 2.67 bits per heavy atom. The number of carbonyl (C=O) groups excluding carboxylic acids is 1. The molecule has 138 valence electrons. The first-order chi connectivity index (χ1) is 13.2. The van der Waals surface area contributed by atoms with Crippen LogP contribution in [0.5, 0.6) is 0 Å². The van der Waals surface area contributed by atoms with Crippen molar-refractivity contribution in [2.45, 2.75) is 12.8 Å². The summed E-state index contributed by atoms with van der Waals surface area (Å²) >= 11 is 5.97. The highest BCUT2D eigenvalue weighted by Gasteiger charge is 2.26. The summed E-state index contributed by atoms with van der Waals surface area (Å²) in [6.07, 6.45) is 6.10. The molecular formula is C18H18ClN7O. The first kappa shape index (κ1) is 17.4. The number of hydrogen-bond donors (Lipinski definition) is 1. The Bertz CT molecular complexity index is 923. The lowest BCUT2D eigenvalue weighted by Gasteiger charge is -2.32. The number of aromatic nitrogens is 5. The van der Waals surface area contributed by atoms with E-state index in [0.29, 0.717) is 10.8 Å². The zero-order chi connectivity index (χ0) is 18.6. The zero-order valence-corrected chi connectivity index (χ0v) is 15.3. The van der Waals surface area contributed by atoms with Crippen molar-refractivity contribution in [1.29, 1.82) is 0 Å². The fourth-order valence-electron chi connectivity index (χ4n) is 3.14. The van der Waals surface area contributed by atoms with E-state index in [1.807, 2.05) is 18.2 Å². The number of hydrogen-bond acceptors (Lipinski definition) is 6. The van der Waals surface area contributed by atoms with E-state index in [4.69, 9.17) is 11.6 Å². The molecule has 0 unspecified atom stereocenters. The second-order valence-electron chi connectivity index (χ2n) is 6.34. The lowest BCUT2D eigenvalue weighted by Crippen LogP contribution is -2.38. The van der Waals surface area contributed by atoms with Crippen molar-refractivity contribution in [2.75, 3.05) is 23.3 Å². The molecule has 0 saturated carbocycles. The molecule has 0 atom stereocenters. The van der Waals surface area contributed by atoms with Crippen molar-refractivity contribution in [3.05, 3.63) is 54.3 Å². The molecule has 2 aromatic heterocycles. The number of piperidine rings is 1. The Kier molecular flexibility index (Phi) is 4.97. The fourth-order valence-corrected chi connectivity index (χ4v) is 3.33. The number of nitrogens with one attached hydrogen (secondary N) is 1. The van der Waals surface area contributed by atoms with Gasteiger partial charge in [0, 0.05) is 35.8 Å². The maximum Gasteiger partial charge on any atom is 0.227 e. The minimum atomic E-state index is -0.0307. The topological polar surface area (TPSA) is 88.8 Å². The van der Waals surface area contributed by atoms with Gasteiger partial charge in [-0.1, -0.05) is 17.7 Å². The van der Waals surface area contributed by atoms with Gasteiger partial charge in [0.2, 0.25) is 5.91 Å². The molecule has 1 fully saturated rings. The van der Waals surface area contributed by atoms with E-state index in [1.165, 1.54) is 12.7 Å². The minimum Gasteiger partial charge on any atom is -0.356 e. The molecule has 3 heterocycles. The number of carbonyl (C=O) groups is 1. The highest BCUT2D eigenvalue weighted by molar-refractivity contribution is 6.30. The van der Waals surface area contributed by atoms with Crippen molar-refractivity contribution < 1.29 is 4.79 Å². The van der Waals surface area contributed by atoms with Crippen LogP contribution in [0.15, 0.2) is 49.3 Å². The highest BCUT2D eigenvalue weighted by Crippen LogP contribution is 2.24. The average Bonchev–Trinajstić information content (AvgIpc) is 3.23. The van der Waals surface area contributed by atoms with Gasteiger partial charge in [0.15, 0.2) is 5.82 Å². The summed E-state index contributed by atoms with van der Waals surface area (Å²) in [6.45, 7) is 1.50. The molecule has 9 heteroatoms. The molecule has 27 heavy (non-hydrogen) atoms. The molecule has 1 N–H and O–H groups in total. The summed E-state index contributed by atoms with van der Waals surface area (Å²) < 4.78 is 1.59. The molecule has 0 aliphatic carbocycles. The third kappa shape index (κ3) is 4.06. The highest BCUT2D eigenvalue weighted by atomic mass is 35.5. The molecule has 1 aromatic carbocycles. The summed E-state index contributed by atoms with van der Waals surface area (Å²) in [5, 5.41) is 7.64. The first-order valence-corrected chi connectivity index (χ1v) is 9.05. The summed E-state index contributed by atoms with van der Waals surface area (Å²) in [4.78, 5) is 27.2. The van der Waals surface area contributed by atoms with Crippen molar-refractivity contribution >= 4 is 29.0 Å². The maximum atomic E-state index is 12.5. The molecule has 8 nitrogen and oxygen atoms in total. The average molecular weight is 384 g/mol. The lowest BCUT2D eigenvalue weighted by molar-refractivity contribution is -0.120. The Morgan fingerprint density at radius 1 is 1.11 bits per heavy atom. The van der Waals surface area contributed by atoms with Gasteiger partial charge in [-0.25, -0.2) is 19.6 Å². The number of benzene rings is 1. The maximum absolute atomic E-state index is 12.5. The molecule has 1 aliphatic rings. The number of amides is 1. The van der Waals surface area contributed by atoms with Crippen LogP contribution in [0.1, 0.15) is 12.8 Å². The molecule has 4 rings (SSSR count). The summed E-state index contributed by atoms with van der Waals surface area (Å²) in [5.74, 6) is 1.49. The predicted octanol–water partition coefficient (Wildman–Crippen LogP) is 2.57. The van der Waals surface area contributed by atoms with Gasteiger partial charge in [0.05, 0.1) is 0 Å². The molecule has 0 bridgehead atoms. The lowest BCUT2D eigenvalue weighted by atomic mass is 9.96. The molecule has 0 radical (unpaired) electrons. The fraction of sp³-hybridized carbons (Fsp3) is 0.278. The zero-order valence-electron chi connectivity index (χ0n) is 14.5. The van der Waals surface area contributed by atoms with Crippen LogP contribution in [0.2, 0.25) is 5.02 Å². The predicted molar refractivity (Wildman–Crippen MR) is 102 cm³/mol. The molecular weight excluding hydrogens is 366 g/mol. The second-order valence-corrected chi connectivity index (χ2v) is 6.77. The van der Waals surface area contributed by atoms with E-state index in [9.17, 15) is 4.79 Å². The van der Waals surface area contributed by atoms with Gasteiger partial charge in [0.25, 0.3) is 0 Å². The SMILES string of the molecule is O=C(Nc1cccc(Cl)c1)C1CCN(c2cc(-n3cncn3)ncn2)CC1. The van der Waals surface area contributed by atoms with Crippen LogP contribution in [0.4, 0.5) is 11.5 Å². The van der Waals surface area contributed by atoms with Gasteiger partial charge in [-0.05, 0) is 31.0 Å². The number of halogens is 1. The third-order valence-corrected chi connectivity index (χ3v) is 4.81. The van der Waals surface area contributed by atoms with Crippen LogP contribution < -0.4 is 10.2 Å². The van der Waals surface area contributed by atoms with E-state index in [0.717, 1.165) is 37.4 Å². The second kappa shape index (κ2) is 7.71. The minimum absolute atomic E-state index is 0.0305. The van der Waals surface area contributed by atoms with Gasteiger partial charge in [-0.3, -0.25) is 4.79 Å². The monoisotopic (exact) mass is 383 g/mol. The molecule has 1 saturated heterocycles. The Morgan fingerprint density at radius 2 is 1.93 bits per heavy atom. The van der Waals surface area contributed by atoms with Crippen LogP contribution in [-0.4, -0.2) is 43.7 Å². The third-order valence-electron chi connectivity index (χ3n) is 4.57. The molecule has 3 aromatic rings. The smallest absolute Gasteiger partial charge is 0.227 e. The molecule has 0 spiro atoms. The van der Waals surface area contributed by atoms with Gasteiger partial charge >= 0.3 is 0 Å². The standard InChI is InChI=1S/C18H18ClN7O/c19-14-2-1-3-15(8-14)24-18(27)13-4-6-25(7-5-13)16-9-17(22-11-21-16)26-12-20-10-23-26/h1-3,8-13H,4-7H2,(H,24,27). The van der Waals surface area contributed by atoms with Crippen molar-refractivity contribution in [2.24, 2.45) is 5.92 Å². The van der Waals surface area contributed by atoms with Crippen LogP contribution in [0.25, 0.3) is 5.82 Å². The normalized spacial score (nSPS) is 14.9. The van der Waals surface area contributed by atoms with Gasteiger partial charge in [0.1, 0.15) is 24.8 Å². The quantitative estimate of drug-likeness (QED) is 0.744. The summed E-state index contributed by atoms with van der Waals surface area (Å²) in [7, 11) is 0. The summed E-state index contributed by atoms with van der Waals surface area (Å²) in [5.41, 5.74) is 0.725. The van der Waals surface area contributed by atoms with Gasteiger partial charge in [-0.15, -0.1) is 0 Å². The van der Waals surface area contributed by atoms with E-state index in [-0.39, 0.29) is 11.8 Å². The van der Waals surface area contributed by atoms with E-state index < -0.39 is 0 Å². The van der Waals surface area contributed by atoms with Crippen molar-refractivity contribution in [3.63, 3.8) is 0 Å². The largest absolute Gasteiger partial charge is 0.356 e. The van der Waals surface area contributed by atoms with Crippen LogP contribution in [-0.2, 0) is 4.79 Å². The van der Waals surface area contributed by atoms with E-state index in [2.05, 4.69) is 30.3 Å². The van der Waals surface area contributed by atoms with Gasteiger partial charge < -0.3 is 10.2 Å². The molecule has 1 amide bonds. The number of anilines is 2. The number of rotatable bonds is 4. The van der Waals surface area contributed by atoms with Crippen LogP contribution >= 0.6 is 11.6 Å². The van der Waals surface area contributed by atoms with Crippen LogP contribution in [0, 0.1) is 5.92 Å². The first-order valence-electron chi connectivity index (χ1n) is 8.67. The van der Waals surface area contributed by atoms with Crippen LogP contribution in [0.3, 0.4) is 0 Å². The Labute approximate surface area is 161 Å². The Balaban J connectivity index is 1.37. The van der Waals surface area contributed by atoms with E-state index in [1.54, 1.807) is 23.1 Å². The Hall–Kier alpha value is -3.00. The van der Waals surface area contributed by atoms with E-state index >= 15 is 0 Å². The summed E-state index contributed by atoms with van der Waals surface area (Å²) in [6, 6.07) is 9.07. The molecule has 1 aliphatic heterocycles. The number of nitrogens with zero attached hydrogens (tertiary/aromatic N) is 6. The van der Waals surface area contributed by atoms with Gasteiger partial charge in [-0.2, -0.15) is 5.10 Å².